The Labute approximate surface area is 122 Å². The summed E-state index contributed by atoms with van der Waals surface area (Å²) in [6.45, 7) is 3.58. The standard InChI is InChI=1S/C16H16N2O3/c1-10-5-3-4-6-13(10)17-15(20)16(21)18-14-8-7-12(19)9-11(14)2/h3-9,19H,1-2H3,(H,17,20)(H,18,21). The van der Waals surface area contributed by atoms with Crippen molar-refractivity contribution in [2.75, 3.05) is 10.6 Å². The Balaban J connectivity index is 2.06. The van der Waals surface area contributed by atoms with Gasteiger partial charge in [-0.05, 0) is 49.2 Å². The van der Waals surface area contributed by atoms with Crippen molar-refractivity contribution in [3.63, 3.8) is 0 Å². The van der Waals surface area contributed by atoms with Gasteiger partial charge in [-0.1, -0.05) is 18.2 Å². The molecule has 0 radical (unpaired) electrons. The SMILES string of the molecule is Cc1ccccc1NC(=O)C(=O)Nc1ccc(O)cc1C. The van der Waals surface area contributed by atoms with Crippen LogP contribution in [0.2, 0.25) is 0 Å². The molecule has 0 bridgehead atoms. The van der Waals surface area contributed by atoms with Gasteiger partial charge in [0, 0.05) is 11.4 Å². The van der Waals surface area contributed by atoms with Crippen LogP contribution in [-0.4, -0.2) is 16.9 Å². The van der Waals surface area contributed by atoms with Crippen LogP contribution in [0.25, 0.3) is 0 Å². The summed E-state index contributed by atoms with van der Waals surface area (Å²) in [4.78, 5) is 23.8. The fourth-order valence-corrected chi connectivity index (χ4v) is 1.86. The van der Waals surface area contributed by atoms with E-state index in [0.29, 0.717) is 16.9 Å². The summed E-state index contributed by atoms with van der Waals surface area (Å²) < 4.78 is 0. The van der Waals surface area contributed by atoms with Crippen LogP contribution >= 0.6 is 0 Å². The van der Waals surface area contributed by atoms with Gasteiger partial charge in [0.25, 0.3) is 0 Å². The molecule has 0 spiro atoms. The number of rotatable bonds is 2. The third-order valence-electron chi connectivity index (χ3n) is 3.06. The first-order valence-corrected chi connectivity index (χ1v) is 6.45. The highest BCUT2D eigenvalue weighted by Gasteiger charge is 2.15. The molecule has 5 heteroatoms. The molecule has 0 aliphatic carbocycles. The maximum absolute atomic E-state index is 11.9. The predicted octanol–water partition coefficient (Wildman–Crippen LogP) is 2.59. The quantitative estimate of drug-likeness (QED) is 0.586. The molecule has 2 amide bonds. The molecule has 2 rings (SSSR count). The number of para-hydroxylation sites is 1. The summed E-state index contributed by atoms with van der Waals surface area (Å²) in [6.07, 6.45) is 0. The lowest BCUT2D eigenvalue weighted by atomic mass is 10.2. The average molecular weight is 284 g/mol. The van der Waals surface area contributed by atoms with Crippen molar-refractivity contribution in [1.29, 1.82) is 0 Å². The van der Waals surface area contributed by atoms with E-state index in [1.54, 1.807) is 25.1 Å². The summed E-state index contributed by atoms with van der Waals surface area (Å²) in [6, 6.07) is 11.7. The largest absolute Gasteiger partial charge is 0.508 e. The Morgan fingerprint density at radius 2 is 1.43 bits per heavy atom. The number of anilines is 2. The van der Waals surface area contributed by atoms with Gasteiger partial charge in [-0.2, -0.15) is 0 Å². The number of hydrogen-bond donors (Lipinski definition) is 3. The molecular formula is C16H16N2O3. The Hall–Kier alpha value is -2.82. The van der Waals surface area contributed by atoms with Crippen molar-refractivity contribution in [3.8, 4) is 5.75 Å². The van der Waals surface area contributed by atoms with Gasteiger partial charge < -0.3 is 15.7 Å². The van der Waals surface area contributed by atoms with Gasteiger partial charge in [0.1, 0.15) is 5.75 Å². The molecule has 0 fully saturated rings. The normalized spacial score (nSPS) is 10.0. The summed E-state index contributed by atoms with van der Waals surface area (Å²) in [5.74, 6) is -1.39. The zero-order valence-corrected chi connectivity index (χ0v) is 11.8. The van der Waals surface area contributed by atoms with Crippen molar-refractivity contribution in [1.82, 2.24) is 0 Å². The lowest BCUT2D eigenvalue weighted by molar-refractivity contribution is -0.133. The van der Waals surface area contributed by atoms with Crippen LogP contribution in [0.5, 0.6) is 5.75 Å². The predicted molar refractivity (Wildman–Crippen MR) is 81.3 cm³/mol. The molecular weight excluding hydrogens is 268 g/mol. The van der Waals surface area contributed by atoms with Gasteiger partial charge in [0.2, 0.25) is 0 Å². The van der Waals surface area contributed by atoms with E-state index in [4.69, 9.17) is 0 Å². The van der Waals surface area contributed by atoms with Crippen LogP contribution in [0.1, 0.15) is 11.1 Å². The van der Waals surface area contributed by atoms with Gasteiger partial charge in [-0.25, -0.2) is 0 Å². The number of hydrogen-bond acceptors (Lipinski definition) is 3. The first-order valence-electron chi connectivity index (χ1n) is 6.45. The molecule has 0 aliphatic rings. The van der Waals surface area contributed by atoms with E-state index >= 15 is 0 Å². The molecule has 0 aliphatic heterocycles. The monoisotopic (exact) mass is 284 g/mol. The number of phenols is 1. The van der Waals surface area contributed by atoms with E-state index in [-0.39, 0.29) is 5.75 Å². The van der Waals surface area contributed by atoms with Crippen LogP contribution < -0.4 is 10.6 Å². The van der Waals surface area contributed by atoms with Crippen molar-refractivity contribution < 1.29 is 14.7 Å². The molecule has 2 aromatic rings. The van der Waals surface area contributed by atoms with Crippen LogP contribution in [0.15, 0.2) is 42.5 Å². The van der Waals surface area contributed by atoms with E-state index in [9.17, 15) is 14.7 Å². The fraction of sp³-hybridized carbons (Fsp3) is 0.125. The number of phenolic OH excluding ortho intramolecular Hbond substituents is 1. The molecule has 0 saturated carbocycles. The number of amides is 2. The zero-order valence-electron chi connectivity index (χ0n) is 11.8. The smallest absolute Gasteiger partial charge is 0.314 e. The molecule has 5 nitrogen and oxygen atoms in total. The molecule has 2 aromatic carbocycles. The number of nitrogens with one attached hydrogen (secondary N) is 2. The van der Waals surface area contributed by atoms with Gasteiger partial charge in [0.15, 0.2) is 0 Å². The molecule has 0 atom stereocenters. The van der Waals surface area contributed by atoms with Crippen LogP contribution in [-0.2, 0) is 9.59 Å². The van der Waals surface area contributed by atoms with Crippen molar-refractivity contribution >= 4 is 23.2 Å². The number of aromatic hydroxyl groups is 1. The Kier molecular flexibility index (Phi) is 4.23. The highest BCUT2D eigenvalue weighted by molar-refractivity contribution is 6.43. The van der Waals surface area contributed by atoms with E-state index in [1.807, 2.05) is 19.1 Å². The highest BCUT2D eigenvalue weighted by atomic mass is 16.3. The number of carbonyl (C=O) groups is 2. The first kappa shape index (κ1) is 14.6. The van der Waals surface area contributed by atoms with Crippen molar-refractivity contribution in [2.45, 2.75) is 13.8 Å². The van der Waals surface area contributed by atoms with E-state index in [2.05, 4.69) is 10.6 Å². The van der Waals surface area contributed by atoms with Crippen LogP contribution in [0.3, 0.4) is 0 Å². The minimum Gasteiger partial charge on any atom is -0.508 e. The molecule has 3 N–H and O–H groups in total. The molecule has 21 heavy (non-hydrogen) atoms. The lowest BCUT2D eigenvalue weighted by Crippen LogP contribution is -2.29. The topological polar surface area (TPSA) is 78.4 Å². The molecule has 0 saturated heterocycles. The first-order chi connectivity index (χ1) is 9.97. The summed E-state index contributed by atoms with van der Waals surface area (Å²) in [5.41, 5.74) is 2.63. The number of benzene rings is 2. The van der Waals surface area contributed by atoms with E-state index in [0.717, 1.165) is 5.56 Å². The molecule has 0 heterocycles. The van der Waals surface area contributed by atoms with Gasteiger partial charge >= 0.3 is 11.8 Å². The van der Waals surface area contributed by atoms with E-state index in [1.165, 1.54) is 12.1 Å². The molecule has 0 unspecified atom stereocenters. The summed E-state index contributed by atoms with van der Waals surface area (Å²) in [5, 5.41) is 14.4. The maximum atomic E-state index is 11.9. The third kappa shape index (κ3) is 3.60. The highest BCUT2D eigenvalue weighted by Crippen LogP contribution is 2.20. The number of aryl methyl sites for hydroxylation is 2. The van der Waals surface area contributed by atoms with Gasteiger partial charge in [-0.15, -0.1) is 0 Å². The Bertz CT molecular complexity index is 696. The van der Waals surface area contributed by atoms with Gasteiger partial charge in [-0.3, -0.25) is 9.59 Å². The minimum absolute atomic E-state index is 0.106. The second-order valence-corrected chi connectivity index (χ2v) is 4.72. The van der Waals surface area contributed by atoms with Crippen LogP contribution in [0.4, 0.5) is 11.4 Å². The second-order valence-electron chi connectivity index (χ2n) is 4.72. The van der Waals surface area contributed by atoms with Crippen LogP contribution in [0, 0.1) is 13.8 Å². The van der Waals surface area contributed by atoms with E-state index < -0.39 is 11.8 Å². The zero-order chi connectivity index (χ0) is 15.4. The summed E-state index contributed by atoms with van der Waals surface area (Å²) >= 11 is 0. The lowest BCUT2D eigenvalue weighted by Gasteiger charge is -2.10. The van der Waals surface area contributed by atoms with Crippen molar-refractivity contribution in [3.05, 3.63) is 53.6 Å². The van der Waals surface area contributed by atoms with Gasteiger partial charge in [0.05, 0.1) is 0 Å². The second kappa shape index (κ2) is 6.09. The molecule has 0 aromatic heterocycles. The minimum atomic E-state index is -0.757. The summed E-state index contributed by atoms with van der Waals surface area (Å²) in [7, 11) is 0. The molecule has 108 valence electrons. The fourth-order valence-electron chi connectivity index (χ4n) is 1.86. The van der Waals surface area contributed by atoms with Crippen molar-refractivity contribution in [2.24, 2.45) is 0 Å². The number of carbonyl (C=O) groups excluding carboxylic acids is 2. The Morgan fingerprint density at radius 1 is 0.857 bits per heavy atom. The third-order valence-corrected chi connectivity index (χ3v) is 3.06. The Morgan fingerprint density at radius 3 is 2.00 bits per heavy atom. The maximum Gasteiger partial charge on any atom is 0.314 e. The average Bonchev–Trinajstić information content (AvgIpc) is 2.44.